The predicted octanol–water partition coefficient (Wildman–Crippen LogP) is 15.1. The fourth-order valence-corrected chi connectivity index (χ4v) is 7.16. The lowest BCUT2D eigenvalue weighted by atomic mass is 10.0. The Kier molecular flexibility index (Phi) is 41.3. The van der Waals surface area contributed by atoms with E-state index in [9.17, 15) is 14.4 Å². The fraction of sp³-hybridized carbons (Fsp3) is 0.938. The molecule has 0 aromatic heterocycles. The zero-order valence-corrected chi connectivity index (χ0v) is 36.7. The highest BCUT2D eigenvalue weighted by Gasteiger charge is 2.19. The lowest BCUT2D eigenvalue weighted by Crippen LogP contribution is -2.30. The van der Waals surface area contributed by atoms with Crippen molar-refractivity contribution in [1.29, 1.82) is 0 Å². The van der Waals surface area contributed by atoms with Crippen molar-refractivity contribution in [1.82, 2.24) is 0 Å². The van der Waals surface area contributed by atoms with Crippen molar-refractivity contribution in [3.05, 3.63) is 0 Å². The first kappa shape index (κ1) is 52.4. The van der Waals surface area contributed by atoms with Crippen LogP contribution in [0.1, 0.15) is 265 Å². The average Bonchev–Trinajstić information content (AvgIpc) is 3.15. The van der Waals surface area contributed by atoms with Crippen molar-refractivity contribution in [3.8, 4) is 0 Å². The molecule has 0 fully saturated rings. The molecule has 0 N–H and O–H groups in total. The summed E-state index contributed by atoms with van der Waals surface area (Å²) in [6.45, 7) is 8.95. The summed E-state index contributed by atoms with van der Waals surface area (Å²) in [6.07, 6.45) is 42.3. The molecule has 0 unspecified atom stereocenters. The minimum Gasteiger partial charge on any atom is -0.462 e. The Morgan fingerprint density at radius 2 is 0.611 bits per heavy atom. The number of esters is 3. The van der Waals surface area contributed by atoms with Gasteiger partial charge in [0.2, 0.25) is 0 Å². The lowest BCUT2D eigenvalue weighted by molar-refractivity contribution is -0.167. The van der Waals surface area contributed by atoms with Crippen LogP contribution >= 0.6 is 0 Å². The van der Waals surface area contributed by atoms with E-state index in [-0.39, 0.29) is 31.1 Å². The van der Waals surface area contributed by atoms with Crippen LogP contribution in [0.25, 0.3) is 0 Å². The monoisotopic (exact) mass is 765 g/mol. The van der Waals surface area contributed by atoms with E-state index in [0.29, 0.717) is 19.3 Å². The molecule has 0 radical (unpaired) electrons. The lowest BCUT2D eigenvalue weighted by Gasteiger charge is -2.18. The summed E-state index contributed by atoms with van der Waals surface area (Å²) in [6, 6.07) is 0. The molecule has 6 heteroatoms. The summed E-state index contributed by atoms with van der Waals surface area (Å²) >= 11 is 0. The van der Waals surface area contributed by atoms with Gasteiger partial charge in [-0.05, 0) is 25.2 Å². The number of carbonyl (C=O) groups excluding carboxylic acids is 3. The van der Waals surface area contributed by atoms with Gasteiger partial charge < -0.3 is 14.2 Å². The summed E-state index contributed by atoms with van der Waals surface area (Å²) in [5.74, 6) is -0.0755. The maximum absolute atomic E-state index is 12.7. The van der Waals surface area contributed by atoms with Crippen LogP contribution in [0.15, 0.2) is 0 Å². The van der Waals surface area contributed by atoms with Crippen molar-refractivity contribution < 1.29 is 28.6 Å². The number of hydrogen-bond acceptors (Lipinski definition) is 6. The molecule has 0 amide bonds. The van der Waals surface area contributed by atoms with E-state index < -0.39 is 6.10 Å². The van der Waals surface area contributed by atoms with E-state index in [4.69, 9.17) is 14.2 Å². The third-order valence-electron chi connectivity index (χ3n) is 10.8. The molecule has 0 aromatic carbocycles. The highest BCUT2D eigenvalue weighted by molar-refractivity contribution is 5.71. The van der Waals surface area contributed by atoms with Crippen molar-refractivity contribution in [2.45, 2.75) is 271 Å². The zero-order valence-electron chi connectivity index (χ0n) is 36.7. The van der Waals surface area contributed by atoms with E-state index in [0.717, 1.165) is 63.7 Å². The van der Waals surface area contributed by atoms with Crippen LogP contribution in [0, 0.1) is 5.92 Å². The average molecular weight is 765 g/mol. The number of carbonyl (C=O) groups is 3. The van der Waals surface area contributed by atoms with Gasteiger partial charge in [-0.15, -0.1) is 0 Å². The summed E-state index contributed by atoms with van der Waals surface area (Å²) in [7, 11) is 0. The molecule has 0 saturated heterocycles. The summed E-state index contributed by atoms with van der Waals surface area (Å²) < 4.78 is 16.7. The molecular weight excluding hydrogens is 673 g/mol. The zero-order chi connectivity index (χ0) is 39.6. The molecule has 320 valence electrons. The van der Waals surface area contributed by atoms with Crippen molar-refractivity contribution >= 4 is 17.9 Å². The Labute approximate surface area is 336 Å². The first-order chi connectivity index (χ1) is 26.4. The Morgan fingerprint density at radius 1 is 0.352 bits per heavy atom. The van der Waals surface area contributed by atoms with E-state index in [1.165, 1.54) is 161 Å². The smallest absolute Gasteiger partial charge is 0.306 e. The molecule has 0 spiro atoms. The molecule has 54 heavy (non-hydrogen) atoms. The van der Waals surface area contributed by atoms with Gasteiger partial charge in [0.25, 0.3) is 0 Å². The molecule has 0 aromatic rings. The van der Waals surface area contributed by atoms with Gasteiger partial charge in [-0.3, -0.25) is 14.4 Å². The third kappa shape index (κ3) is 41.6. The van der Waals surface area contributed by atoms with Gasteiger partial charge in [-0.1, -0.05) is 227 Å². The summed E-state index contributed by atoms with van der Waals surface area (Å²) in [4.78, 5) is 37.7. The minimum atomic E-state index is -0.760. The van der Waals surface area contributed by atoms with Gasteiger partial charge in [-0.2, -0.15) is 0 Å². The molecule has 1 atom stereocenters. The van der Waals surface area contributed by atoms with Gasteiger partial charge in [0.15, 0.2) is 6.10 Å². The predicted molar refractivity (Wildman–Crippen MR) is 229 cm³/mol. The van der Waals surface area contributed by atoms with Crippen molar-refractivity contribution in [2.75, 3.05) is 13.2 Å². The van der Waals surface area contributed by atoms with Gasteiger partial charge in [-0.25, -0.2) is 0 Å². The number of ether oxygens (including phenoxy) is 3. The Bertz CT molecular complexity index is 811. The number of hydrogen-bond donors (Lipinski definition) is 0. The molecule has 0 aliphatic rings. The summed E-state index contributed by atoms with van der Waals surface area (Å²) in [5.41, 5.74) is 0. The molecule has 0 bridgehead atoms. The van der Waals surface area contributed by atoms with Gasteiger partial charge in [0.1, 0.15) is 13.2 Å². The van der Waals surface area contributed by atoms with Crippen LogP contribution in [0.3, 0.4) is 0 Å². The number of unbranched alkanes of at least 4 members (excludes halogenated alkanes) is 30. The second-order valence-corrected chi connectivity index (χ2v) is 16.9. The van der Waals surface area contributed by atoms with Gasteiger partial charge >= 0.3 is 17.9 Å². The summed E-state index contributed by atoms with van der Waals surface area (Å²) in [5, 5.41) is 0. The highest BCUT2D eigenvalue weighted by atomic mass is 16.6. The topological polar surface area (TPSA) is 78.9 Å². The maximum Gasteiger partial charge on any atom is 0.306 e. The molecule has 0 saturated carbocycles. The van der Waals surface area contributed by atoms with Gasteiger partial charge in [0.05, 0.1) is 0 Å². The fourth-order valence-electron chi connectivity index (χ4n) is 7.16. The standard InChI is InChI=1S/C48H92O6/c1-5-7-9-11-13-15-17-19-20-22-24-28-32-36-40-47(50)53-43-45(54-48(51)41-37-33-29-25-26-30-34-38-44(3)4)42-52-46(49)39-35-31-27-23-21-18-16-14-12-10-8-6-2/h44-45H,5-43H2,1-4H3/t45-/m0/s1. The largest absolute Gasteiger partial charge is 0.462 e. The molecule has 0 aliphatic carbocycles. The third-order valence-corrected chi connectivity index (χ3v) is 10.8. The normalized spacial score (nSPS) is 11.9. The molecule has 0 heterocycles. The highest BCUT2D eigenvalue weighted by Crippen LogP contribution is 2.16. The van der Waals surface area contributed by atoms with Crippen LogP contribution in [-0.2, 0) is 28.6 Å². The quantitative estimate of drug-likeness (QED) is 0.0349. The van der Waals surface area contributed by atoms with Crippen LogP contribution < -0.4 is 0 Å². The Balaban J connectivity index is 4.30. The molecule has 6 nitrogen and oxygen atoms in total. The first-order valence-corrected chi connectivity index (χ1v) is 23.9. The van der Waals surface area contributed by atoms with E-state index in [1.54, 1.807) is 0 Å². The second kappa shape index (κ2) is 42.6. The van der Waals surface area contributed by atoms with Crippen LogP contribution in [0.5, 0.6) is 0 Å². The first-order valence-electron chi connectivity index (χ1n) is 23.9. The van der Waals surface area contributed by atoms with E-state index >= 15 is 0 Å². The van der Waals surface area contributed by atoms with Gasteiger partial charge in [0, 0.05) is 19.3 Å². The van der Waals surface area contributed by atoms with Crippen LogP contribution in [0.2, 0.25) is 0 Å². The van der Waals surface area contributed by atoms with Crippen LogP contribution in [0.4, 0.5) is 0 Å². The van der Waals surface area contributed by atoms with Crippen molar-refractivity contribution in [3.63, 3.8) is 0 Å². The van der Waals surface area contributed by atoms with E-state index in [2.05, 4.69) is 27.7 Å². The Hall–Kier alpha value is -1.59. The van der Waals surface area contributed by atoms with E-state index in [1.807, 2.05) is 0 Å². The Morgan fingerprint density at radius 3 is 0.907 bits per heavy atom. The van der Waals surface area contributed by atoms with Crippen LogP contribution in [-0.4, -0.2) is 37.2 Å². The minimum absolute atomic E-state index is 0.0640. The SMILES string of the molecule is CCCCCCCCCCCCCCCCC(=O)OC[C@H](COC(=O)CCCCCCCCCCCCCC)OC(=O)CCCCCCCCCC(C)C. The molecule has 0 aliphatic heterocycles. The molecular formula is C48H92O6. The maximum atomic E-state index is 12.7. The number of rotatable bonds is 43. The molecule has 0 rings (SSSR count). The van der Waals surface area contributed by atoms with Crippen molar-refractivity contribution in [2.24, 2.45) is 5.92 Å². The second-order valence-electron chi connectivity index (χ2n) is 16.9.